The first kappa shape index (κ1) is 14.1. The quantitative estimate of drug-likeness (QED) is 0.808. The number of hydrogen-bond donors (Lipinski definition) is 0. The molecule has 0 amide bonds. The van der Waals surface area contributed by atoms with Crippen molar-refractivity contribution in [1.82, 2.24) is 4.90 Å². The van der Waals surface area contributed by atoms with Crippen molar-refractivity contribution in [2.45, 2.75) is 18.9 Å². The molecular formula is C18H22N2O. The first-order valence-corrected chi connectivity index (χ1v) is 7.58. The van der Waals surface area contributed by atoms with Crippen LogP contribution in [0.3, 0.4) is 0 Å². The molecule has 1 atom stereocenters. The topological polar surface area (TPSA) is 23.6 Å². The third-order valence-corrected chi connectivity index (χ3v) is 4.52. The van der Waals surface area contributed by atoms with Crippen LogP contribution in [0.25, 0.3) is 10.8 Å². The number of anilines is 1. The zero-order valence-electron chi connectivity index (χ0n) is 12.7. The molecule has 2 aromatic carbocycles. The van der Waals surface area contributed by atoms with Gasteiger partial charge in [-0.3, -0.25) is 4.79 Å². The number of fused-ring (bicyclic) bond motifs is 1. The van der Waals surface area contributed by atoms with Crippen molar-refractivity contribution in [1.29, 1.82) is 0 Å². The van der Waals surface area contributed by atoms with Gasteiger partial charge in [-0.15, -0.1) is 0 Å². The molecule has 21 heavy (non-hydrogen) atoms. The molecular weight excluding hydrogens is 260 g/mol. The summed E-state index contributed by atoms with van der Waals surface area (Å²) in [5, 5.41) is 2.18. The van der Waals surface area contributed by atoms with Crippen molar-refractivity contribution < 1.29 is 4.79 Å². The molecule has 1 unspecified atom stereocenters. The summed E-state index contributed by atoms with van der Waals surface area (Å²) in [6, 6.07) is 13.0. The lowest BCUT2D eigenvalue weighted by Crippen LogP contribution is -2.45. The number of benzene rings is 2. The van der Waals surface area contributed by atoms with E-state index in [0.29, 0.717) is 6.04 Å². The van der Waals surface area contributed by atoms with Gasteiger partial charge in [-0.05, 0) is 49.8 Å². The van der Waals surface area contributed by atoms with Gasteiger partial charge in [0.05, 0.1) is 0 Å². The van der Waals surface area contributed by atoms with Crippen molar-refractivity contribution >= 4 is 22.7 Å². The number of rotatable bonds is 3. The number of carbonyl (C=O) groups is 1. The fraction of sp³-hybridized carbons (Fsp3) is 0.389. The minimum Gasteiger partial charge on any atom is -0.370 e. The smallest absolute Gasteiger partial charge is 0.150 e. The van der Waals surface area contributed by atoms with Gasteiger partial charge in [0, 0.05) is 30.4 Å². The van der Waals surface area contributed by atoms with Crippen LogP contribution in [0.5, 0.6) is 0 Å². The van der Waals surface area contributed by atoms with Gasteiger partial charge in [-0.2, -0.15) is 0 Å². The van der Waals surface area contributed by atoms with E-state index in [0.717, 1.165) is 35.7 Å². The van der Waals surface area contributed by atoms with Crippen LogP contribution in [0.15, 0.2) is 36.4 Å². The van der Waals surface area contributed by atoms with Gasteiger partial charge in [-0.1, -0.05) is 24.3 Å². The molecule has 110 valence electrons. The Labute approximate surface area is 126 Å². The maximum Gasteiger partial charge on any atom is 0.150 e. The summed E-state index contributed by atoms with van der Waals surface area (Å²) < 4.78 is 0. The molecule has 1 saturated heterocycles. The van der Waals surface area contributed by atoms with Crippen LogP contribution in [0.4, 0.5) is 5.69 Å². The lowest BCUT2D eigenvalue weighted by molar-refractivity contribution is 0.112. The summed E-state index contributed by atoms with van der Waals surface area (Å²) >= 11 is 0. The minimum atomic E-state index is 0.621. The summed E-state index contributed by atoms with van der Waals surface area (Å²) in [6.07, 6.45) is 3.44. The SMILES string of the molecule is CN(C)C1CCCN(c2ccc3c(C=O)cccc3c2)C1. The van der Waals surface area contributed by atoms with E-state index in [2.05, 4.69) is 48.2 Å². The molecule has 0 aromatic heterocycles. The van der Waals surface area contributed by atoms with Crippen molar-refractivity contribution in [2.75, 3.05) is 32.1 Å². The average molecular weight is 282 g/mol. The maximum absolute atomic E-state index is 11.1. The highest BCUT2D eigenvalue weighted by molar-refractivity contribution is 5.99. The standard InChI is InChI=1S/C18H22N2O/c1-19(2)17-7-4-10-20(12-17)16-8-9-18-14(11-16)5-3-6-15(18)13-21/h3,5-6,8-9,11,13,17H,4,7,10,12H2,1-2H3. The molecule has 3 nitrogen and oxygen atoms in total. The van der Waals surface area contributed by atoms with Crippen LogP contribution in [0.2, 0.25) is 0 Å². The van der Waals surface area contributed by atoms with Crippen molar-refractivity contribution in [3.05, 3.63) is 42.0 Å². The zero-order valence-corrected chi connectivity index (χ0v) is 12.7. The zero-order chi connectivity index (χ0) is 14.8. The summed E-state index contributed by atoms with van der Waals surface area (Å²) in [6.45, 7) is 2.19. The first-order valence-electron chi connectivity index (χ1n) is 7.58. The van der Waals surface area contributed by atoms with Crippen LogP contribution >= 0.6 is 0 Å². The molecule has 0 saturated carbocycles. The van der Waals surface area contributed by atoms with E-state index in [1.54, 1.807) is 0 Å². The van der Waals surface area contributed by atoms with E-state index in [-0.39, 0.29) is 0 Å². The molecule has 2 aromatic rings. The van der Waals surface area contributed by atoms with E-state index in [1.807, 2.05) is 12.1 Å². The Bertz CT molecular complexity index is 651. The van der Waals surface area contributed by atoms with Gasteiger partial charge in [0.25, 0.3) is 0 Å². The van der Waals surface area contributed by atoms with E-state index in [1.165, 1.54) is 18.5 Å². The van der Waals surface area contributed by atoms with Crippen molar-refractivity contribution in [3.63, 3.8) is 0 Å². The monoisotopic (exact) mass is 282 g/mol. The van der Waals surface area contributed by atoms with E-state index in [9.17, 15) is 4.79 Å². The van der Waals surface area contributed by atoms with Crippen LogP contribution in [-0.4, -0.2) is 44.4 Å². The van der Waals surface area contributed by atoms with Crippen LogP contribution in [-0.2, 0) is 0 Å². The summed E-state index contributed by atoms with van der Waals surface area (Å²) in [5.74, 6) is 0. The fourth-order valence-corrected chi connectivity index (χ4v) is 3.21. The second-order valence-corrected chi connectivity index (χ2v) is 6.08. The predicted molar refractivity (Wildman–Crippen MR) is 88.3 cm³/mol. The van der Waals surface area contributed by atoms with Gasteiger partial charge < -0.3 is 9.80 Å². The molecule has 0 radical (unpaired) electrons. The van der Waals surface area contributed by atoms with Gasteiger partial charge in [-0.25, -0.2) is 0 Å². The third-order valence-electron chi connectivity index (χ3n) is 4.52. The molecule has 3 heteroatoms. The highest BCUT2D eigenvalue weighted by atomic mass is 16.1. The van der Waals surface area contributed by atoms with Gasteiger partial charge in [0.15, 0.2) is 6.29 Å². The van der Waals surface area contributed by atoms with Crippen LogP contribution < -0.4 is 4.90 Å². The van der Waals surface area contributed by atoms with Gasteiger partial charge in [0.2, 0.25) is 0 Å². The first-order chi connectivity index (χ1) is 10.2. The van der Waals surface area contributed by atoms with E-state index >= 15 is 0 Å². The molecule has 1 fully saturated rings. The number of likely N-dealkylation sites (N-methyl/N-ethyl adjacent to an activating group) is 1. The molecule has 0 N–H and O–H groups in total. The summed E-state index contributed by atoms with van der Waals surface area (Å²) in [5.41, 5.74) is 2.03. The Balaban J connectivity index is 1.92. The molecule has 1 aliphatic rings. The number of piperidine rings is 1. The van der Waals surface area contributed by atoms with Crippen molar-refractivity contribution in [3.8, 4) is 0 Å². The Morgan fingerprint density at radius 2 is 2.10 bits per heavy atom. The minimum absolute atomic E-state index is 0.621. The largest absolute Gasteiger partial charge is 0.370 e. The third kappa shape index (κ3) is 2.79. The Morgan fingerprint density at radius 3 is 2.86 bits per heavy atom. The van der Waals surface area contributed by atoms with Gasteiger partial charge >= 0.3 is 0 Å². The lowest BCUT2D eigenvalue weighted by atomic mass is 10.0. The maximum atomic E-state index is 11.1. The van der Waals surface area contributed by atoms with E-state index < -0.39 is 0 Å². The normalized spacial score (nSPS) is 19.2. The van der Waals surface area contributed by atoms with Gasteiger partial charge in [0.1, 0.15) is 0 Å². The van der Waals surface area contributed by atoms with Crippen molar-refractivity contribution in [2.24, 2.45) is 0 Å². The number of carbonyl (C=O) groups excluding carboxylic acids is 1. The lowest BCUT2D eigenvalue weighted by Gasteiger charge is -2.37. The average Bonchev–Trinajstić information content (AvgIpc) is 2.53. The fourth-order valence-electron chi connectivity index (χ4n) is 3.21. The number of aldehydes is 1. The molecule has 0 bridgehead atoms. The number of nitrogens with zero attached hydrogens (tertiary/aromatic N) is 2. The summed E-state index contributed by atoms with van der Waals surface area (Å²) in [7, 11) is 4.32. The van der Waals surface area contributed by atoms with E-state index in [4.69, 9.17) is 0 Å². The molecule has 0 aliphatic carbocycles. The second kappa shape index (κ2) is 5.86. The van der Waals surface area contributed by atoms with Crippen LogP contribution in [0, 0.1) is 0 Å². The Hall–Kier alpha value is -1.87. The Morgan fingerprint density at radius 1 is 1.24 bits per heavy atom. The molecule has 1 aliphatic heterocycles. The molecule has 1 heterocycles. The highest BCUT2D eigenvalue weighted by Gasteiger charge is 2.21. The molecule has 3 rings (SSSR count). The highest BCUT2D eigenvalue weighted by Crippen LogP contribution is 2.27. The predicted octanol–water partition coefficient (Wildman–Crippen LogP) is 3.18. The number of hydrogen-bond acceptors (Lipinski definition) is 3. The Kier molecular flexibility index (Phi) is 3.93. The summed E-state index contributed by atoms with van der Waals surface area (Å²) in [4.78, 5) is 15.9. The molecule has 0 spiro atoms. The second-order valence-electron chi connectivity index (χ2n) is 6.08. The van der Waals surface area contributed by atoms with Crippen LogP contribution in [0.1, 0.15) is 23.2 Å².